The molecule has 0 aliphatic carbocycles. The Morgan fingerprint density at radius 2 is 2.50 bits per heavy atom. The second kappa shape index (κ2) is 1.84. The first kappa shape index (κ1) is 5.72. The fraction of sp³-hybridized carbons (Fsp3) is 0.800. The van der Waals surface area contributed by atoms with Gasteiger partial charge in [-0.25, -0.2) is 0 Å². The molecule has 2 atom stereocenters. The van der Waals surface area contributed by atoms with Crippen molar-refractivity contribution in [3.8, 4) is 0 Å². The molecule has 3 heteroatoms. The summed E-state index contributed by atoms with van der Waals surface area (Å²) in [7, 11) is 0. The van der Waals surface area contributed by atoms with Crippen LogP contribution in [0.5, 0.6) is 0 Å². The van der Waals surface area contributed by atoms with E-state index >= 15 is 0 Å². The van der Waals surface area contributed by atoms with E-state index in [1.54, 1.807) is 0 Å². The molecule has 0 radical (unpaired) electrons. The number of hydrogen-bond donors (Lipinski definition) is 1. The standard InChI is InChI=1S/C5H9NO2/c1-4(7)5-2-3-6(5)8/h5-6H,2-3H2,1H3. The molecule has 0 saturated carbocycles. The van der Waals surface area contributed by atoms with Gasteiger partial charge in [0.1, 0.15) is 0 Å². The van der Waals surface area contributed by atoms with Crippen LogP contribution >= 0.6 is 0 Å². The zero-order chi connectivity index (χ0) is 6.15. The molecule has 0 aromatic rings. The number of rotatable bonds is 1. The molecular formula is C5H9NO2. The van der Waals surface area contributed by atoms with Crippen LogP contribution in [-0.4, -0.2) is 18.4 Å². The Hall–Kier alpha value is -0.410. The molecule has 46 valence electrons. The predicted octanol–water partition coefficient (Wildman–Crippen LogP) is -1.27. The Kier molecular flexibility index (Phi) is 1.31. The lowest BCUT2D eigenvalue weighted by Gasteiger charge is -2.38. The van der Waals surface area contributed by atoms with Gasteiger partial charge in [-0.05, 0) is 0 Å². The predicted molar refractivity (Wildman–Crippen MR) is 28.3 cm³/mol. The van der Waals surface area contributed by atoms with Crippen molar-refractivity contribution in [3.63, 3.8) is 0 Å². The molecule has 0 aromatic heterocycles. The minimum Gasteiger partial charge on any atom is -0.634 e. The monoisotopic (exact) mass is 115 g/mol. The zero-order valence-electron chi connectivity index (χ0n) is 4.81. The molecule has 1 fully saturated rings. The van der Waals surface area contributed by atoms with Gasteiger partial charge in [0.25, 0.3) is 0 Å². The first-order valence-electron chi connectivity index (χ1n) is 2.75. The molecular weight excluding hydrogens is 106 g/mol. The van der Waals surface area contributed by atoms with Crippen molar-refractivity contribution in [3.05, 3.63) is 5.21 Å². The molecule has 1 heterocycles. The summed E-state index contributed by atoms with van der Waals surface area (Å²) < 4.78 is 0. The first-order valence-corrected chi connectivity index (χ1v) is 2.75. The Balaban J connectivity index is 2.37. The number of nitrogens with one attached hydrogen (secondary N) is 1. The lowest BCUT2D eigenvalue weighted by molar-refractivity contribution is -0.908. The summed E-state index contributed by atoms with van der Waals surface area (Å²) in [6.07, 6.45) is 0.786. The van der Waals surface area contributed by atoms with E-state index in [1.165, 1.54) is 6.92 Å². The van der Waals surface area contributed by atoms with Gasteiger partial charge in [-0.2, -0.15) is 0 Å². The molecule has 0 amide bonds. The van der Waals surface area contributed by atoms with Crippen LogP contribution in [0.4, 0.5) is 0 Å². The number of Topliss-reactive ketones (excluding diaryl/α,β-unsaturated/α-hetero) is 1. The third kappa shape index (κ3) is 0.743. The van der Waals surface area contributed by atoms with Crippen molar-refractivity contribution < 1.29 is 9.86 Å². The van der Waals surface area contributed by atoms with Gasteiger partial charge in [0.05, 0.1) is 13.0 Å². The summed E-state index contributed by atoms with van der Waals surface area (Å²) in [5.74, 6) is 0.0289. The third-order valence-electron chi connectivity index (χ3n) is 1.56. The van der Waals surface area contributed by atoms with Crippen LogP contribution in [0.2, 0.25) is 0 Å². The number of quaternary nitrogens is 1. The van der Waals surface area contributed by atoms with Crippen molar-refractivity contribution in [1.82, 2.24) is 0 Å². The second-order valence-corrected chi connectivity index (χ2v) is 2.17. The summed E-state index contributed by atoms with van der Waals surface area (Å²) in [5.41, 5.74) is 0. The average molecular weight is 115 g/mol. The van der Waals surface area contributed by atoms with Gasteiger partial charge >= 0.3 is 0 Å². The largest absolute Gasteiger partial charge is 0.634 e. The van der Waals surface area contributed by atoms with Gasteiger partial charge in [0.15, 0.2) is 11.8 Å². The van der Waals surface area contributed by atoms with Crippen LogP contribution in [0.25, 0.3) is 0 Å². The highest BCUT2D eigenvalue weighted by Crippen LogP contribution is 1.94. The lowest BCUT2D eigenvalue weighted by Crippen LogP contribution is -3.19. The number of ketones is 1. The molecule has 1 aliphatic rings. The van der Waals surface area contributed by atoms with Crippen LogP contribution in [-0.2, 0) is 4.79 Å². The van der Waals surface area contributed by atoms with E-state index in [9.17, 15) is 10.0 Å². The minimum absolute atomic E-state index is 0.0289. The molecule has 2 unspecified atom stereocenters. The van der Waals surface area contributed by atoms with E-state index in [-0.39, 0.29) is 16.9 Å². The normalized spacial score (nSPS) is 36.2. The highest BCUT2D eigenvalue weighted by Gasteiger charge is 2.29. The summed E-state index contributed by atoms with van der Waals surface area (Å²) in [6.45, 7) is 2.09. The SMILES string of the molecule is CC(=O)C1CC[NH+]1[O-]. The average Bonchev–Trinajstić information content (AvgIpc) is 1.61. The smallest absolute Gasteiger partial charge is 0.187 e. The number of hydrogen-bond acceptors (Lipinski definition) is 2. The molecule has 1 rings (SSSR count). The summed E-state index contributed by atoms with van der Waals surface area (Å²) in [6, 6.07) is -0.227. The molecule has 0 bridgehead atoms. The Bertz CT molecular complexity index is 113. The van der Waals surface area contributed by atoms with Gasteiger partial charge < -0.3 is 10.3 Å². The topological polar surface area (TPSA) is 44.6 Å². The van der Waals surface area contributed by atoms with Crippen LogP contribution < -0.4 is 5.06 Å². The van der Waals surface area contributed by atoms with Crippen molar-refractivity contribution in [2.75, 3.05) is 6.54 Å². The maximum atomic E-state index is 10.5. The van der Waals surface area contributed by atoms with Gasteiger partial charge in [-0.3, -0.25) is 4.79 Å². The van der Waals surface area contributed by atoms with Crippen LogP contribution in [0.3, 0.4) is 0 Å². The second-order valence-electron chi connectivity index (χ2n) is 2.17. The van der Waals surface area contributed by atoms with Gasteiger partial charge in [0, 0.05) is 6.92 Å². The van der Waals surface area contributed by atoms with E-state index in [2.05, 4.69) is 0 Å². The Morgan fingerprint density at radius 3 is 2.50 bits per heavy atom. The van der Waals surface area contributed by atoms with Crippen molar-refractivity contribution in [1.29, 1.82) is 0 Å². The highest BCUT2D eigenvalue weighted by atomic mass is 16.5. The quantitative estimate of drug-likeness (QED) is 0.433. The fourth-order valence-electron chi connectivity index (χ4n) is 0.836. The number of carbonyl (C=O) groups excluding carboxylic acids is 1. The lowest BCUT2D eigenvalue weighted by atomic mass is 10.0. The molecule has 1 aliphatic heterocycles. The number of carbonyl (C=O) groups is 1. The molecule has 0 spiro atoms. The van der Waals surface area contributed by atoms with E-state index in [4.69, 9.17) is 0 Å². The molecule has 1 N–H and O–H groups in total. The van der Waals surface area contributed by atoms with Crippen molar-refractivity contribution in [2.45, 2.75) is 19.4 Å². The maximum absolute atomic E-state index is 10.5. The van der Waals surface area contributed by atoms with E-state index < -0.39 is 0 Å². The van der Waals surface area contributed by atoms with E-state index in [0.717, 1.165) is 6.42 Å². The Labute approximate surface area is 47.9 Å². The molecule has 1 saturated heterocycles. The van der Waals surface area contributed by atoms with E-state index in [0.29, 0.717) is 6.54 Å². The van der Waals surface area contributed by atoms with Gasteiger partial charge in [0.2, 0.25) is 0 Å². The maximum Gasteiger partial charge on any atom is 0.187 e. The van der Waals surface area contributed by atoms with Crippen molar-refractivity contribution in [2.24, 2.45) is 0 Å². The van der Waals surface area contributed by atoms with E-state index in [1.807, 2.05) is 0 Å². The first-order chi connectivity index (χ1) is 3.72. The van der Waals surface area contributed by atoms with Crippen LogP contribution in [0, 0.1) is 5.21 Å². The van der Waals surface area contributed by atoms with Crippen molar-refractivity contribution >= 4 is 5.78 Å². The Morgan fingerprint density at radius 1 is 1.88 bits per heavy atom. The summed E-state index contributed by atoms with van der Waals surface area (Å²) >= 11 is 0. The zero-order valence-corrected chi connectivity index (χ0v) is 4.81. The van der Waals surface area contributed by atoms with Crippen LogP contribution in [0.1, 0.15) is 13.3 Å². The fourth-order valence-corrected chi connectivity index (χ4v) is 0.836. The summed E-state index contributed by atoms with van der Waals surface area (Å²) in [4.78, 5) is 10.4. The van der Waals surface area contributed by atoms with Gasteiger partial charge in [-0.1, -0.05) is 0 Å². The minimum atomic E-state index is -0.227. The molecule has 8 heavy (non-hydrogen) atoms. The van der Waals surface area contributed by atoms with Crippen LogP contribution in [0.15, 0.2) is 0 Å². The molecule has 3 nitrogen and oxygen atoms in total. The molecule has 0 aromatic carbocycles. The number of hydroxylamine groups is 2. The highest BCUT2D eigenvalue weighted by molar-refractivity contribution is 5.80. The van der Waals surface area contributed by atoms with Gasteiger partial charge in [-0.15, -0.1) is 0 Å². The third-order valence-corrected chi connectivity index (χ3v) is 1.56. The summed E-state index contributed by atoms with van der Waals surface area (Å²) in [5, 5.41) is 10.6.